The standard InChI is InChI=1S/C9H14O4/c1-9(2)12-6-7(13-9)4-3-5-8(10)11/h3,5,7H,4,6H2,1-2H3,(H,10,11)/b5-3+/t7-/m0/s1. The molecule has 1 heterocycles. The summed E-state index contributed by atoms with van der Waals surface area (Å²) in [5, 5.41) is 8.33. The molecule has 0 aromatic rings. The number of carbonyl (C=O) groups is 1. The number of rotatable bonds is 3. The van der Waals surface area contributed by atoms with Crippen molar-refractivity contribution in [1.82, 2.24) is 0 Å². The summed E-state index contributed by atoms with van der Waals surface area (Å²) in [7, 11) is 0. The van der Waals surface area contributed by atoms with Crippen LogP contribution in [0.3, 0.4) is 0 Å². The number of carboxylic acids is 1. The van der Waals surface area contributed by atoms with Crippen molar-refractivity contribution >= 4 is 5.97 Å². The zero-order chi connectivity index (χ0) is 9.90. The van der Waals surface area contributed by atoms with Gasteiger partial charge >= 0.3 is 5.97 Å². The third kappa shape index (κ3) is 3.57. The minimum Gasteiger partial charge on any atom is -0.478 e. The van der Waals surface area contributed by atoms with Crippen LogP contribution >= 0.6 is 0 Å². The van der Waals surface area contributed by atoms with E-state index in [1.165, 1.54) is 0 Å². The molecule has 1 N–H and O–H groups in total. The molecule has 4 nitrogen and oxygen atoms in total. The van der Waals surface area contributed by atoms with Gasteiger partial charge in [-0.1, -0.05) is 6.08 Å². The molecule has 0 unspecified atom stereocenters. The van der Waals surface area contributed by atoms with Gasteiger partial charge in [0.15, 0.2) is 5.79 Å². The van der Waals surface area contributed by atoms with E-state index in [4.69, 9.17) is 14.6 Å². The minimum atomic E-state index is -0.932. The van der Waals surface area contributed by atoms with Crippen molar-refractivity contribution in [3.05, 3.63) is 12.2 Å². The van der Waals surface area contributed by atoms with Gasteiger partial charge in [0, 0.05) is 6.08 Å². The predicted molar refractivity (Wildman–Crippen MR) is 46.3 cm³/mol. The normalized spacial score (nSPS) is 26.8. The Morgan fingerprint density at radius 1 is 1.69 bits per heavy atom. The third-order valence-corrected chi connectivity index (χ3v) is 1.73. The Morgan fingerprint density at radius 2 is 2.38 bits per heavy atom. The molecule has 0 aromatic carbocycles. The molecule has 74 valence electrons. The van der Waals surface area contributed by atoms with Crippen molar-refractivity contribution < 1.29 is 19.4 Å². The fraction of sp³-hybridized carbons (Fsp3) is 0.667. The fourth-order valence-corrected chi connectivity index (χ4v) is 1.20. The van der Waals surface area contributed by atoms with Gasteiger partial charge in [-0.05, 0) is 20.3 Å². The lowest BCUT2D eigenvalue weighted by molar-refractivity contribution is -0.137. The van der Waals surface area contributed by atoms with Crippen molar-refractivity contribution in [3.63, 3.8) is 0 Å². The first-order chi connectivity index (χ1) is 5.99. The van der Waals surface area contributed by atoms with Crippen LogP contribution in [0.15, 0.2) is 12.2 Å². The number of carboxylic acid groups (broad SMARTS) is 1. The molecule has 13 heavy (non-hydrogen) atoms. The van der Waals surface area contributed by atoms with Gasteiger partial charge < -0.3 is 14.6 Å². The van der Waals surface area contributed by atoms with E-state index in [0.717, 1.165) is 6.08 Å². The SMILES string of the molecule is CC1(C)OC[C@H](C/C=C/C(=O)O)O1. The van der Waals surface area contributed by atoms with E-state index in [0.29, 0.717) is 13.0 Å². The molecule has 0 saturated carbocycles. The summed E-state index contributed by atoms with van der Waals surface area (Å²) in [6, 6.07) is 0. The topological polar surface area (TPSA) is 55.8 Å². The van der Waals surface area contributed by atoms with E-state index in [-0.39, 0.29) is 6.10 Å². The number of aliphatic carboxylic acids is 1. The summed E-state index contributed by atoms with van der Waals surface area (Å²) in [5.74, 6) is -1.46. The lowest BCUT2D eigenvalue weighted by atomic mass is 10.2. The van der Waals surface area contributed by atoms with Gasteiger partial charge in [-0.3, -0.25) is 0 Å². The van der Waals surface area contributed by atoms with Gasteiger partial charge in [-0.15, -0.1) is 0 Å². The van der Waals surface area contributed by atoms with Gasteiger partial charge in [0.2, 0.25) is 0 Å². The molecular weight excluding hydrogens is 172 g/mol. The average molecular weight is 186 g/mol. The van der Waals surface area contributed by atoms with Crippen molar-refractivity contribution in [2.45, 2.75) is 32.2 Å². The Kier molecular flexibility index (Phi) is 3.06. The van der Waals surface area contributed by atoms with E-state index in [2.05, 4.69) is 0 Å². The Bertz CT molecular complexity index is 220. The van der Waals surface area contributed by atoms with E-state index < -0.39 is 11.8 Å². The van der Waals surface area contributed by atoms with Crippen LogP contribution < -0.4 is 0 Å². The van der Waals surface area contributed by atoms with Crippen LogP contribution in [0.5, 0.6) is 0 Å². The maximum atomic E-state index is 10.1. The summed E-state index contributed by atoms with van der Waals surface area (Å²) in [6.45, 7) is 4.21. The van der Waals surface area contributed by atoms with E-state index in [1.54, 1.807) is 6.08 Å². The molecule has 1 atom stereocenters. The smallest absolute Gasteiger partial charge is 0.327 e. The van der Waals surface area contributed by atoms with Gasteiger partial charge in [0.25, 0.3) is 0 Å². The Balaban J connectivity index is 2.29. The van der Waals surface area contributed by atoms with Crippen LogP contribution in [0.25, 0.3) is 0 Å². The molecule has 0 aliphatic carbocycles. The quantitative estimate of drug-likeness (QED) is 0.672. The molecule has 0 aromatic heterocycles. The highest BCUT2D eigenvalue weighted by Crippen LogP contribution is 2.23. The highest BCUT2D eigenvalue weighted by atomic mass is 16.7. The summed E-state index contributed by atoms with van der Waals surface area (Å²) < 4.78 is 10.8. The second kappa shape index (κ2) is 3.89. The minimum absolute atomic E-state index is 0.0226. The first-order valence-electron chi connectivity index (χ1n) is 4.21. The molecule has 0 radical (unpaired) electrons. The Morgan fingerprint density at radius 3 is 2.85 bits per heavy atom. The zero-order valence-electron chi connectivity index (χ0n) is 7.82. The van der Waals surface area contributed by atoms with Crippen LogP contribution in [0.2, 0.25) is 0 Å². The highest BCUT2D eigenvalue weighted by molar-refractivity contribution is 5.79. The molecule has 0 amide bonds. The zero-order valence-corrected chi connectivity index (χ0v) is 7.82. The second-order valence-electron chi connectivity index (χ2n) is 3.43. The van der Waals surface area contributed by atoms with Crippen molar-refractivity contribution in [2.75, 3.05) is 6.61 Å². The summed E-state index contributed by atoms with van der Waals surface area (Å²) in [6.07, 6.45) is 3.26. The lowest BCUT2D eigenvalue weighted by Gasteiger charge is -2.16. The van der Waals surface area contributed by atoms with Gasteiger partial charge in [-0.2, -0.15) is 0 Å². The summed E-state index contributed by atoms with van der Waals surface area (Å²) >= 11 is 0. The maximum absolute atomic E-state index is 10.1. The van der Waals surface area contributed by atoms with Gasteiger partial charge in [0.05, 0.1) is 12.7 Å². The Labute approximate surface area is 77.1 Å². The molecule has 1 aliphatic rings. The number of hydrogen-bond acceptors (Lipinski definition) is 3. The van der Waals surface area contributed by atoms with Crippen molar-refractivity contribution in [1.29, 1.82) is 0 Å². The monoisotopic (exact) mass is 186 g/mol. The van der Waals surface area contributed by atoms with Gasteiger partial charge in [0.1, 0.15) is 0 Å². The van der Waals surface area contributed by atoms with Gasteiger partial charge in [-0.25, -0.2) is 4.79 Å². The molecule has 0 bridgehead atoms. The first kappa shape index (κ1) is 10.2. The summed E-state index contributed by atoms with van der Waals surface area (Å²) in [5.41, 5.74) is 0. The second-order valence-corrected chi connectivity index (χ2v) is 3.43. The molecule has 1 aliphatic heterocycles. The maximum Gasteiger partial charge on any atom is 0.327 e. The van der Waals surface area contributed by atoms with E-state index >= 15 is 0 Å². The molecular formula is C9H14O4. The highest BCUT2D eigenvalue weighted by Gasteiger charge is 2.31. The van der Waals surface area contributed by atoms with E-state index in [1.807, 2.05) is 13.8 Å². The summed E-state index contributed by atoms with van der Waals surface area (Å²) in [4.78, 5) is 10.1. The lowest BCUT2D eigenvalue weighted by Crippen LogP contribution is -2.21. The fourth-order valence-electron chi connectivity index (χ4n) is 1.20. The third-order valence-electron chi connectivity index (χ3n) is 1.73. The molecule has 1 rings (SSSR count). The number of hydrogen-bond donors (Lipinski definition) is 1. The molecule has 4 heteroatoms. The molecule has 0 spiro atoms. The van der Waals surface area contributed by atoms with Crippen LogP contribution in [0.1, 0.15) is 20.3 Å². The Hall–Kier alpha value is -0.870. The molecule has 1 saturated heterocycles. The largest absolute Gasteiger partial charge is 0.478 e. The average Bonchev–Trinajstić information content (AvgIpc) is 2.29. The van der Waals surface area contributed by atoms with E-state index in [9.17, 15) is 4.79 Å². The van der Waals surface area contributed by atoms with Crippen molar-refractivity contribution in [2.24, 2.45) is 0 Å². The van der Waals surface area contributed by atoms with Crippen LogP contribution in [-0.2, 0) is 14.3 Å². The van der Waals surface area contributed by atoms with Crippen LogP contribution in [0, 0.1) is 0 Å². The predicted octanol–water partition coefficient (Wildman–Crippen LogP) is 1.17. The first-order valence-corrected chi connectivity index (χ1v) is 4.21. The molecule has 1 fully saturated rings. The van der Waals surface area contributed by atoms with Crippen LogP contribution in [-0.4, -0.2) is 29.6 Å². The van der Waals surface area contributed by atoms with Crippen molar-refractivity contribution in [3.8, 4) is 0 Å². The van der Waals surface area contributed by atoms with Crippen LogP contribution in [0.4, 0.5) is 0 Å². The number of ether oxygens (including phenoxy) is 2.